The highest BCUT2D eigenvalue weighted by atomic mass is 32.1. The van der Waals surface area contributed by atoms with Crippen LogP contribution in [0.4, 0.5) is 8.78 Å². The molecule has 68 heavy (non-hydrogen) atoms. The third-order valence-electron chi connectivity index (χ3n) is 14.2. The number of ether oxygens (including phenoxy) is 1. The molecule has 9 heteroatoms. The fraction of sp³-hybridized carbons (Fsp3) is 0.559. The smallest absolute Gasteiger partial charge is 0.170 e. The van der Waals surface area contributed by atoms with Gasteiger partial charge in [0.2, 0.25) is 0 Å². The minimum absolute atomic E-state index is 0.193. The van der Waals surface area contributed by atoms with Gasteiger partial charge in [-0.15, -0.1) is 22.7 Å². The largest absolute Gasteiger partial charge is 0.493 e. The van der Waals surface area contributed by atoms with Gasteiger partial charge in [0.1, 0.15) is 16.8 Å². The number of rotatable bonds is 34. The Morgan fingerprint density at radius 1 is 0.529 bits per heavy atom. The molecule has 0 aliphatic rings. The zero-order valence-electron chi connectivity index (χ0n) is 41.7. The standard InChI is InChI=1S/C59H79F2N3OS3/c1-4-7-10-13-16-18-20-22-24-27-32-45(33-28-25-23-21-19-17-14-11-8-5-2)64-47-34-30-35-49(65-41-29-26-15-12-9-6-3)53(47)46-38-37-44(43-48(46)64)50-39-40-52(67-50)55-57(61)56(60)54(51-36-31-42-66-51)58-59(55)63-68-62-58/h30-31,34-40,42-43,45H,4-29,32-33,41H2,1-3H3. The summed E-state index contributed by atoms with van der Waals surface area (Å²) in [6, 6.07) is 21.6. The van der Waals surface area contributed by atoms with Crippen molar-refractivity contribution in [1.82, 2.24) is 13.3 Å². The van der Waals surface area contributed by atoms with Crippen LogP contribution in [0, 0.1) is 11.6 Å². The summed E-state index contributed by atoms with van der Waals surface area (Å²) in [5.41, 5.74) is 4.78. The van der Waals surface area contributed by atoms with Gasteiger partial charge in [0.15, 0.2) is 11.6 Å². The van der Waals surface area contributed by atoms with Crippen LogP contribution in [0.15, 0.2) is 66.0 Å². The zero-order chi connectivity index (χ0) is 47.3. The van der Waals surface area contributed by atoms with Crippen molar-refractivity contribution >= 4 is 67.2 Å². The van der Waals surface area contributed by atoms with Gasteiger partial charge >= 0.3 is 0 Å². The average Bonchev–Trinajstić information content (AvgIpc) is 4.20. The molecule has 0 N–H and O–H groups in total. The molecule has 0 saturated carbocycles. The highest BCUT2D eigenvalue weighted by molar-refractivity contribution is 7.19. The molecule has 0 spiro atoms. The maximum absolute atomic E-state index is 16.3. The molecule has 3 aromatic carbocycles. The van der Waals surface area contributed by atoms with Crippen molar-refractivity contribution in [3.8, 4) is 37.1 Å². The van der Waals surface area contributed by atoms with Crippen LogP contribution in [-0.2, 0) is 0 Å². The van der Waals surface area contributed by atoms with Gasteiger partial charge in [0.05, 0.1) is 40.5 Å². The molecule has 0 amide bonds. The third kappa shape index (κ3) is 13.8. The first-order valence-corrected chi connectivity index (χ1v) is 29.4. The molecule has 0 bridgehead atoms. The third-order valence-corrected chi connectivity index (χ3v) is 16.8. The van der Waals surface area contributed by atoms with Crippen molar-refractivity contribution in [2.24, 2.45) is 0 Å². The predicted octanol–water partition coefficient (Wildman–Crippen LogP) is 21.1. The van der Waals surface area contributed by atoms with Crippen molar-refractivity contribution in [3.63, 3.8) is 0 Å². The molecule has 4 aromatic heterocycles. The summed E-state index contributed by atoms with van der Waals surface area (Å²) in [6.07, 6.45) is 36.4. The van der Waals surface area contributed by atoms with Gasteiger partial charge in [-0.25, -0.2) is 8.78 Å². The Balaban J connectivity index is 1.19. The molecule has 0 saturated heterocycles. The molecule has 0 atom stereocenters. The van der Waals surface area contributed by atoms with Crippen molar-refractivity contribution in [3.05, 3.63) is 77.7 Å². The van der Waals surface area contributed by atoms with Crippen LogP contribution in [0.3, 0.4) is 0 Å². The van der Waals surface area contributed by atoms with Crippen LogP contribution >= 0.6 is 34.4 Å². The molecule has 7 aromatic rings. The van der Waals surface area contributed by atoms with Gasteiger partial charge in [0.25, 0.3) is 0 Å². The van der Waals surface area contributed by atoms with Gasteiger partial charge in [-0.05, 0) is 66.6 Å². The van der Waals surface area contributed by atoms with Crippen LogP contribution in [0.2, 0.25) is 0 Å². The minimum Gasteiger partial charge on any atom is -0.493 e. The van der Waals surface area contributed by atoms with Crippen molar-refractivity contribution < 1.29 is 13.5 Å². The van der Waals surface area contributed by atoms with E-state index in [1.807, 2.05) is 23.6 Å². The van der Waals surface area contributed by atoms with Gasteiger partial charge in [-0.1, -0.05) is 206 Å². The number of halogens is 2. The second-order valence-corrected chi connectivity index (χ2v) is 22.0. The predicted molar refractivity (Wildman–Crippen MR) is 293 cm³/mol. The lowest BCUT2D eigenvalue weighted by Crippen LogP contribution is -2.09. The Morgan fingerprint density at radius 2 is 1.06 bits per heavy atom. The SMILES string of the molecule is CCCCCCCCCCCCC(CCCCCCCCCCCC)n1c2cc(-c3ccc(-c4c(F)c(F)c(-c5cccs5)c5nsnc45)s3)ccc2c2c(OCCCCCCCC)cccc21. The summed E-state index contributed by atoms with van der Waals surface area (Å²) in [6.45, 7) is 7.59. The quantitative estimate of drug-likeness (QED) is 0.0378. The van der Waals surface area contributed by atoms with Gasteiger partial charge in [-0.2, -0.15) is 8.75 Å². The Bertz CT molecular complexity index is 2510. The number of nitrogens with zero attached hydrogens (tertiary/aromatic N) is 3. The molecule has 7 rings (SSSR count). The van der Waals surface area contributed by atoms with E-state index in [1.54, 1.807) is 0 Å². The van der Waals surface area contributed by atoms with E-state index in [2.05, 4.69) is 76.5 Å². The molecule has 0 unspecified atom stereocenters. The maximum atomic E-state index is 16.3. The van der Waals surface area contributed by atoms with Gasteiger partial charge in [0, 0.05) is 31.4 Å². The number of hydrogen-bond donors (Lipinski definition) is 0. The number of benzene rings is 3. The lowest BCUT2D eigenvalue weighted by Gasteiger charge is -2.22. The summed E-state index contributed by atoms with van der Waals surface area (Å²) < 4.78 is 50.8. The number of thiophene rings is 2. The second kappa shape index (κ2) is 28.3. The summed E-state index contributed by atoms with van der Waals surface area (Å²) >= 11 is 3.87. The number of fused-ring (bicyclic) bond motifs is 4. The van der Waals surface area contributed by atoms with Crippen molar-refractivity contribution in [2.75, 3.05) is 6.61 Å². The first-order valence-electron chi connectivity index (χ1n) is 27.0. The Kier molecular flexibility index (Phi) is 21.7. The van der Waals surface area contributed by atoms with Crippen LogP contribution in [0.25, 0.3) is 64.2 Å². The number of aromatic nitrogens is 3. The van der Waals surface area contributed by atoms with Crippen molar-refractivity contribution in [1.29, 1.82) is 0 Å². The molecule has 0 radical (unpaired) electrons. The van der Waals surface area contributed by atoms with Gasteiger partial charge < -0.3 is 9.30 Å². The topological polar surface area (TPSA) is 39.9 Å². The number of hydrogen-bond acceptors (Lipinski definition) is 6. The summed E-state index contributed by atoms with van der Waals surface area (Å²) in [7, 11) is 0. The molecule has 0 fully saturated rings. The van der Waals surface area contributed by atoms with E-state index in [9.17, 15) is 0 Å². The Morgan fingerprint density at radius 3 is 1.62 bits per heavy atom. The summed E-state index contributed by atoms with van der Waals surface area (Å²) in [5.74, 6) is -0.756. The molecule has 0 aliphatic carbocycles. The molecule has 0 aliphatic heterocycles. The van der Waals surface area contributed by atoms with Crippen LogP contribution < -0.4 is 4.74 Å². The first-order chi connectivity index (χ1) is 33.5. The maximum Gasteiger partial charge on any atom is 0.170 e. The minimum atomic E-state index is -0.868. The molecule has 368 valence electrons. The van der Waals surface area contributed by atoms with E-state index in [1.165, 1.54) is 205 Å². The summed E-state index contributed by atoms with van der Waals surface area (Å²) in [4.78, 5) is 2.31. The normalized spacial score (nSPS) is 12.0. The lowest BCUT2D eigenvalue weighted by molar-refractivity contribution is 0.308. The number of unbranched alkanes of at least 4 members (excludes halogenated alkanes) is 23. The van der Waals surface area contributed by atoms with E-state index in [0.717, 1.165) is 53.8 Å². The van der Waals surface area contributed by atoms with Crippen LogP contribution in [-0.4, -0.2) is 19.9 Å². The van der Waals surface area contributed by atoms with Gasteiger partial charge in [-0.3, -0.25) is 0 Å². The van der Waals surface area contributed by atoms with Crippen molar-refractivity contribution in [2.45, 2.75) is 207 Å². The molecule has 4 heterocycles. The lowest BCUT2D eigenvalue weighted by atomic mass is 9.99. The summed E-state index contributed by atoms with van der Waals surface area (Å²) in [5, 5.41) is 4.31. The van der Waals surface area contributed by atoms with Crippen LogP contribution in [0.5, 0.6) is 5.75 Å². The highest BCUT2D eigenvalue weighted by Gasteiger charge is 2.27. The van der Waals surface area contributed by atoms with E-state index in [0.29, 0.717) is 26.8 Å². The van der Waals surface area contributed by atoms with E-state index in [4.69, 9.17) is 4.74 Å². The average molecular weight is 980 g/mol. The molecule has 4 nitrogen and oxygen atoms in total. The van der Waals surface area contributed by atoms with E-state index in [-0.39, 0.29) is 11.1 Å². The first kappa shape index (κ1) is 52.2. The second-order valence-electron chi connectivity index (χ2n) is 19.4. The Labute approximate surface area is 419 Å². The fourth-order valence-corrected chi connectivity index (χ4v) is 12.7. The molecular formula is C59H79F2N3OS3. The van der Waals surface area contributed by atoms with E-state index >= 15 is 8.78 Å². The fourth-order valence-electron chi connectivity index (χ4n) is 10.4. The monoisotopic (exact) mass is 980 g/mol. The molecular weight excluding hydrogens is 901 g/mol. The van der Waals surface area contributed by atoms with E-state index < -0.39 is 11.6 Å². The zero-order valence-corrected chi connectivity index (χ0v) is 44.1. The van der Waals surface area contributed by atoms with Crippen LogP contribution in [0.1, 0.15) is 207 Å². The Hall–Kier alpha value is -3.66. The highest BCUT2D eigenvalue weighted by Crippen LogP contribution is 2.46.